The normalized spacial score (nSPS) is 26.1. The van der Waals surface area contributed by atoms with Gasteiger partial charge in [0.15, 0.2) is 0 Å². The summed E-state index contributed by atoms with van der Waals surface area (Å²) in [7, 11) is 0. The predicted molar refractivity (Wildman–Crippen MR) is 91.1 cm³/mol. The van der Waals surface area contributed by atoms with Crippen LogP contribution in [0.2, 0.25) is 0 Å². The van der Waals surface area contributed by atoms with Crippen LogP contribution in [-0.2, 0) is 4.79 Å². The van der Waals surface area contributed by atoms with Crippen molar-refractivity contribution in [2.24, 2.45) is 17.1 Å². The van der Waals surface area contributed by atoms with Gasteiger partial charge in [0.2, 0.25) is 5.91 Å². The first-order valence-electron chi connectivity index (χ1n) is 8.69. The smallest absolute Gasteiger partial charge is 0.235 e. The van der Waals surface area contributed by atoms with Crippen LogP contribution in [0.3, 0.4) is 0 Å². The minimum atomic E-state index is -0.530. The fourth-order valence-electron chi connectivity index (χ4n) is 4.09. The highest BCUT2D eigenvalue weighted by Gasteiger charge is 2.44. The van der Waals surface area contributed by atoms with Crippen molar-refractivity contribution in [3.8, 4) is 0 Å². The molecule has 21 heavy (non-hydrogen) atoms. The number of nitrogens with zero attached hydrogens (tertiary/aromatic N) is 1. The summed E-state index contributed by atoms with van der Waals surface area (Å²) < 4.78 is 0. The van der Waals surface area contributed by atoms with E-state index in [0.717, 1.165) is 57.5 Å². The number of thiocarbonyl (C=S) groups is 1. The highest BCUT2D eigenvalue weighted by atomic mass is 32.1. The molecular formula is C17H30N2OS. The molecule has 0 aromatic rings. The first-order chi connectivity index (χ1) is 10.1. The zero-order valence-corrected chi connectivity index (χ0v) is 14.2. The second-order valence-corrected chi connectivity index (χ2v) is 7.32. The molecule has 1 unspecified atom stereocenters. The monoisotopic (exact) mass is 310 g/mol. The first-order valence-corrected chi connectivity index (χ1v) is 9.10. The molecule has 0 radical (unpaired) electrons. The van der Waals surface area contributed by atoms with Gasteiger partial charge in [-0.15, -0.1) is 0 Å². The van der Waals surface area contributed by atoms with E-state index >= 15 is 0 Å². The molecule has 1 heterocycles. The van der Waals surface area contributed by atoms with Crippen LogP contribution >= 0.6 is 12.2 Å². The van der Waals surface area contributed by atoms with E-state index in [4.69, 9.17) is 18.0 Å². The van der Waals surface area contributed by atoms with E-state index in [-0.39, 0.29) is 5.91 Å². The molecule has 0 spiro atoms. The van der Waals surface area contributed by atoms with Crippen molar-refractivity contribution in [2.45, 2.75) is 71.1 Å². The van der Waals surface area contributed by atoms with Gasteiger partial charge in [0.05, 0.1) is 10.4 Å². The number of carbonyl (C=O) groups is 1. The third kappa shape index (κ3) is 3.77. The fraction of sp³-hybridized carbons (Fsp3) is 0.882. The Balaban J connectivity index is 2.05. The first kappa shape index (κ1) is 16.7. The maximum absolute atomic E-state index is 13.1. The van der Waals surface area contributed by atoms with Gasteiger partial charge in [0, 0.05) is 13.1 Å². The molecule has 120 valence electrons. The maximum atomic E-state index is 13.1. The van der Waals surface area contributed by atoms with Crippen LogP contribution in [0, 0.1) is 11.3 Å². The lowest BCUT2D eigenvalue weighted by Gasteiger charge is -2.38. The molecule has 0 aromatic carbocycles. The molecule has 4 heteroatoms. The minimum Gasteiger partial charge on any atom is -0.392 e. The van der Waals surface area contributed by atoms with Gasteiger partial charge in [0.25, 0.3) is 0 Å². The molecule has 2 N–H and O–H groups in total. The van der Waals surface area contributed by atoms with E-state index in [2.05, 4.69) is 11.8 Å². The van der Waals surface area contributed by atoms with Gasteiger partial charge in [-0.2, -0.15) is 0 Å². The van der Waals surface area contributed by atoms with Gasteiger partial charge in [-0.3, -0.25) is 4.79 Å². The van der Waals surface area contributed by atoms with E-state index in [0.29, 0.717) is 4.99 Å². The third-order valence-corrected chi connectivity index (χ3v) is 5.81. The largest absolute Gasteiger partial charge is 0.392 e. The molecule has 1 saturated carbocycles. The molecule has 1 saturated heterocycles. The third-order valence-electron chi connectivity index (χ3n) is 5.42. The minimum absolute atomic E-state index is 0.229. The molecule has 1 amide bonds. The Morgan fingerprint density at radius 2 is 1.90 bits per heavy atom. The van der Waals surface area contributed by atoms with Gasteiger partial charge in [-0.05, 0) is 38.0 Å². The average molecular weight is 311 g/mol. The second kappa shape index (κ2) is 7.57. The lowest BCUT2D eigenvalue weighted by atomic mass is 9.73. The van der Waals surface area contributed by atoms with Crippen molar-refractivity contribution in [1.29, 1.82) is 0 Å². The standard InChI is InChI=1S/C17H30N2OS/c1-2-7-14-8-6-12-19(13-9-14)16(20)17(15(18)21)10-4-3-5-11-17/h14H,2-13H2,1H3,(H2,18,21). The Hall–Kier alpha value is -0.640. The highest BCUT2D eigenvalue weighted by molar-refractivity contribution is 7.80. The number of likely N-dealkylation sites (tertiary alicyclic amines) is 1. The zero-order chi connectivity index (χ0) is 15.3. The SMILES string of the molecule is CCCC1CCCN(C(=O)C2(C(N)=S)CCCCC2)CC1. The molecule has 2 fully saturated rings. The predicted octanol–water partition coefficient (Wildman–Crippen LogP) is 3.65. The topological polar surface area (TPSA) is 46.3 Å². The molecule has 1 aliphatic heterocycles. The summed E-state index contributed by atoms with van der Waals surface area (Å²) >= 11 is 5.30. The van der Waals surface area contributed by atoms with Crippen molar-refractivity contribution in [3.05, 3.63) is 0 Å². The van der Waals surface area contributed by atoms with Gasteiger partial charge >= 0.3 is 0 Å². The molecule has 1 atom stereocenters. The van der Waals surface area contributed by atoms with Crippen molar-refractivity contribution in [3.63, 3.8) is 0 Å². The molecule has 2 aliphatic rings. The van der Waals surface area contributed by atoms with Crippen LogP contribution in [-0.4, -0.2) is 28.9 Å². The molecule has 2 rings (SSSR count). The number of carbonyl (C=O) groups excluding carboxylic acids is 1. The number of rotatable bonds is 4. The lowest BCUT2D eigenvalue weighted by Crippen LogP contribution is -2.51. The Kier molecular flexibility index (Phi) is 6.03. The summed E-state index contributed by atoms with van der Waals surface area (Å²) in [6.07, 6.45) is 11.2. The van der Waals surface area contributed by atoms with Gasteiger partial charge in [-0.25, -0.2) is 0 Å². The maximum Gasteiger partial charge on any atom is 0.235 e. The quantitative estimate of drug-likeness (QED) is 0.806. The Morgan fingerprint density at radius 1 is 1.19 bits per heavy atom. The average Bonchev–Trinajstić information content (AvgIpc) is 2.73. The van der Waals surface area contributed by atoms with Gasteiger partial charge in [-0.1, -0.05) is 51.2 Å². The Bertz CT molecular complexity index is 377. The van der Waals surface area contributed by atoms with Crippen molar-refractivity contribution >= 4 is 23.1 Å². The van der Waals surface area contributed by atoms with E-state index < -0.39 is 5.41 Å². The van der Waals surface area contributed by atoms with Crippen LogP contribution in [0.25, 0.3) is 0 Å². The van der Waals surface area contributed by atoms with Crippen molar-refractivity contribution < 1.29 is 4.79 Å². The summed E-state index contributed by atoms with van der Waals surface area (Å²) in [4.78, 5) is 15.6. The second-order valence-electron chi connectivity index (χ2n) is 6.88. The van der Waals surface area contributed by atoms with E-state index in [1.165, 1.54) is 25.7 Å². The van der Waals surface area contributed by atoms with Crippen LogP contribution in [0.15, 0.2) is 0 Å². The zero-order valence-electron chi connectivity index (χ0n) is 13.4. The molecule has 0 bridgehead atoms. The van der Waals surface area contributed by atoms with Crippen LogP contribution < -0.4 is 5.73 Å². The summed E-state index contributed by atoms with van der Waals surface area (Å²) in [6, 6.07) is 0. The summed E-state index contributed by atoms with van der Waals surface area (Å²) in [5.74, 6) is 1.02. The highest BCUT2D eigenvalue weighted by Crippen LogP contribution is 2.39. The lowest BCUT2D eigenvalue weighted by molar-refractivity contribution is -0.139. The summed E-state index contributed by atoms with van der Waals surface area (Å²) in [5, 5.41) is 0. The summed E-state index contributed by atoms with van der Waals surface area (Å²) in [5.41, 5.74) is 5.48. The molecule has 3 nitrogen and oxygen atoms in total. The number of nitrogens with two attached hydrogens (primary N) is 1. The van der Waals surface area contributed by atoms with Crippen molar-refractivity contribution in [2.75, 3.05) is 13.1 Å². The number of amides is 1. The fourth-order valence-corrected chi connectivity index (χ4v) is 4.38. The van der Waals surface area contributed by atoms with Crippen LogP contribution in [0.4, 0.5) is 0 Å². The summed E-state index contributed by atoms with van der Waals surface area (Å²) in [6.45, 7) is 4.04. The van der Waals surface area contributed by atoms with Crippen molar-refractivity contribution in [1.82, 2.24) is 4.90 Å². The van der Waals surface area contributed by atoms with Crippen LogP contribution in [0.5, 0.6) is 0 Å². The van der Waals surface area contributed by atoms with Crippen LogP contribution in [0.1, 0.15) is 71.1 Å². The molecular weight excluding hydrogens is 280 g/mol. The number of hydrogen-bond donors (Lipinski definition) is 1. The van der Waals surface area contributed by atoms with Gasteiger partial charge in [0.1, 0.15) is 0 Å². The van der Waals surface area contributed by atoms with E-state index in [9.17, 15) is 4.79 Å². The Morgan fingerprint density at radius 3 is 2.52 bits per heavy atom. The van der Waals surface area contributed by atoms with Gasteiger partial charge < -0.3 is 10.6 Å². The van der Waals surface area contributed by atoms with E-state index in [1.54, 1.807) is 0 Å². The molecule has 0 aromatic heterocycles. The molecule has 1 aliphatic carbocycles. The van der Waals surface area contributed by atoms with E-state index in [1.807, 2.05) is 0 Å². The number of hydrogen-bond acceptors (Lipinski definition) is 2. The Labute approximate surface area is 134 Å².